The average Bonchev–Trinajstić information content (AvgIpc) is 2.57. The van der Waals surface area contributed by atoms with E-state index < -0.39 is 10.0 Å². The number of nitrogens with two attached hydrogens (primary N) is 1. The van der Waals surface area contributed by atoms with E-state index in [-0.39, 0.29) is 5.54 Å². The van der Waals surface area contributed by atoms with Crippen LogP contribution in [0.2, 0.25) is 0 Å². The predicted octanol–water partition coefficient (Wildman–Crippen LogP) is 1.25. The minimum Gasteiger partial charge on any atom is -0.329 e. The molecule has 1 atom stereocenters. The van der Waals surface area contributed by atoms with Crippen molar-refractivity contribution in [3.05, 3.63) is 0 Å². The Bertz CT molecular complexity index is 456. The summed E-state index contributed by atoms with van der Waals surface area (Å²) < 4.78 is 24.9. The highest BCUT2D eigenvalue weighted by Gasteiger charge is 2.41. The van der Waals surface area contributed by atoms with Gasteiger partial charge in [-0.05, 0) is 31.1 Å². The molecule has 0 amide bonds. The number of hydrogen-bond donors (Lipinski definition) is 1. The molecule has 0 aromatic rings. The maximum Gasteiger partial charge on any atom is 0.211 e. The van der Waals surface area contributed by atoms with E-state index in [4.69, 9.17) is 5.73 Å². The molecule has 0 aromatic carbocycles. The van der Waals surface area contributed by atoms with E-state index in [1.54, 1.807) is 4.31 Å². The zero-order valence-electron chi connectivity index (χ0n) is 13.8. The van der Waals surface area contributed by atoms with Gasteiger partial charge in [-0.15, -0.1) is 0 Å². The number of sulfonamides is 1. The van der Waals surface area contributed by atoms with Gasteiger partial charge in [0.25, 0.3) is 0 Å². The first-order chi connectivity index (χ1) is 9.69. The van der Waals surface area contributed by atoms with Crippen molar-refractivity contribution in [2.45, 2.75) is 51.5 Å². The first-order valence-corrected chi connectivity index (χ1v) is 9.94. The minimum absolute atomic E-state index is 0.0807. The quantitative estimate of drug-likeness (QED) is 0.796. The molecule has 2 aliphatic rings. The fourth-order valence-electron chi connectivity index (χ4n) is 3.86. The van der Waals surface area contributed by atoms with Crippen LogP contribution in [0.4, 0.5) is 0 Å². The van der Waals surface area contributed by atoms with Gasteiger partial charge in [-0.2, -0.15) is 4.31 Å². The molecule has 2 N–H and O–H groups in total. The highest BCUT2D eigenvalue weighted by atomic mass is 32.2. The summed E-state index contributed by atoms with van der Waals surface area (Å²) in [7, 11) is -3.06. The third-order valence-electron chi connectivity index (χ3n) is 5.52. The molecule has 1 unspecified atom stereocenters. The molecule has 1 saturated carbocycles. The molecule has 1 aliphatic carbocycles. The summed E-state index contributed by atoms with van der Waals surface area (Å²) in [5.41, 5.74) is 6.66. The molecule has 0 radical (unpaired) electrons. The Hall–Kier alpha value is -0.170. The number of hydrogen-bond acceptors (Lipinski definition) is 4. The maximum absolute atomic E-state index is 11.6. The van der Waals surface area contributed by atoms with E-state index in [1.165, 1.54) is 25.5 Å². The lowest BCUT2D eigenvalue weighted by Gasteiger charge is -2.47. The summed E-state index contributed by atoms with van der Waals surface area (Å²) in [4.78, 5) is 2.47. The number of rotatable bonds is 3. The third kappa shape index (κ3) is 3.97. The molecule has 21 heavy (non-hydrogen) atoms. The van der Waals surface area contributed by atoms with Gasteiger partial charge < -0.3 is 5.73 Å². The Kier molecular flexibility index (Phi) is 5.03. The van der Waals surface area contributed by atoms with E-state index >= 15 is 0 Å². The van der Waals surface area contributed by atoms with Crippen LogP contribution in [0, 0.1) is 5.41 Å². The SMILES string of the molecule is CC1(C)CCCC(CN)(N2CCN(S(C)(=O)=O)CC2)CC1. The fraction of sp³-hybridized carbons (Fsp3) is 1.00. The first-order valence-electron chi connectivity index (χ1n) is 8.09. The van der Waals surface area contributed by atoms with E-state index in [0.717, 1.165) is 25.9 Å². The monoisotopic (exact) mass is 317 g/mol. The molecule has 0 aromatic heterocycles. The van der Waals surface area contributed by atoms with Crippen molar-refractivity contribution < 1.29 is 8.42 Å². The van der Waals surface area contributed by atoms with Gasteiger partial charge in [0.05, 0.1) is 6.26 Å². The van der Waals surface area contributed by atoms with Gasteiger partial charge >= 0.3 is 0 Å². The van der Waals surface area contributed by atoms with Crippen LogP contribution in [-0.4, -0.2) is 62.1 Å². The molecule has 0 spiro atoms. The molecule has 6 heteroatoms. The van der Waals surface area contributed by atoms with Crippen LogP contribution in [0.3, 0.4) is 0 Å². The fourth-order valence-corrected chi connectivity index (χ4v) is 4.69. The van der Waals surface area contributed by atoms with E-state index in [1.807, 2.05) is 0 Å². The summed E-state index contributed by atoms with van der Waals surface area (Å²) in [5, 5.41) is 0. The lowest BCUT2D eigenvalue weighted by molar-refractivity contribution is 0.0449. The van der Waals surface area contributed by atoms with Crippen LogP contribution in [0.5, 0.6) is 0 Å². The lowest BCUT2D eigenvalue weighted by Crippen LogP contribution is -2.60. The second kappa shape index (κ2) is 6.14. The standard InChI is InChI=1S/C15H31N3O2S/c1-14(2)5-4-6-15(13-16,8-7-14)17-9-11-18(12-10-17)21(3,19)20/h4-13,16H2,1-3H3. The van der Waals surface area contributed by atoms with E-state index in [2.05, 4.69) is 18.7 Å². The predicted molar refractivity (Wildman–Crippen MR) is 86.6 cm³/mol. The summed E-state index contributed by atoms with van der Waals surface area (Å²) in [6.07, 6.45) is 7.27. The minimum atomic E-state index is -3.06. The van der Waals surface area contributed by atoms with Crippen molar-refractivity contribution in [1.29, 1.82) is 0 Å². The average molecular weight is 317 g/mol. The molecule has 1 saturated heterocycles. The molecule has 2 fully saturated rings. The topological polar surface area (TPSA) is 66.6 Å². The van der Waals surface area contributed by atoms with Gasteiger partial charge in [-0.3, -0.25) is 4.90 Å². The van der Waals surface area contributed by atoms with Crippen molar-refractivity contribution in [2.24, 2.45) is 11.1 Å². The Balaban J connectivity index is 2.05. The maximum atomic E-state index is 11.6. The van der Waals surface area contributed by atoms with Crippen molar-refractivity contribution in [3.8, 4) is 0 Å². The number of piperazine rings is 1. The van der Waals surface area contributed by atoms with Crippen LogP contribution in [-0.2, 0) is 10.0 Å². The second-order valence-corrected chi connectivity index (χ2v) is 9.58. The highest BCUT2D eigenvalue weighted by Crippen LogP contribution is 2.40. The molecular weight excluding hydrogens is 286 g/mol. The number of nitrogens with zero attached hydrogens (tertiary/aromatic N) is 2. The van der Waals surface area contributed by atoms with E-state index in [0.29, 0.717) is 25.0 Å². The van der Waals surface area contributed by atoms with E-state index in [9.17, 15) is 8.42 Å². The Morgan fingerprint density at radius 1 is 1.00 bits per heavy atom. The molecular formula is C15H31N3O2S. The zero-order valence-corrected chi connectivity index (χ0v) is 14.6. The second-order valence-electron chi connectivity index (χ2n) is 7.60. The Morgan fingerprint density at radius 2 is 1.62 bits per heavy atom. The van der Waals surface area contributed by atoms with Crippen molar-refractivity contribution in [2.75, 3.05) is 39.0 Å². The highest BCUT2D eigenvalue weighted by molar-refractivity contribution is 7.88. The van der Waals surface area contributed by atoms with Crippen LogP contribution < -0.4 is 5.73 Å². The van der Waals surface area contributed by atoms with Gasteiger partial charge in [0.1, 0.15) is 0 Å². The van der Waals surface area contributed by atoms with Crippen LogP contribution in [0.15, 0.2) is 0 Å². The molecule has 2 rings (SSSR count). The smallest absolute Gasteiger partial charge is 0.211 e. The van der Waals surface area contributed by atoms with Crippen LogP contribution >= 0.6 is 0 Å². The normalized spacial score (nSPS) is 32.8. The third-order valence-corrected chi connectivity index (χ3v) is 6.82. The van der Waals surface area contributed by atoms with Crippen LogP contribution in [0.25, 0.3) is 0 Å². The van der Waals surface area contributed by atoms with Gasteiger partial charge in [-0.25, -0.2) is 8.42 Å². The summed E-state index contributed by atoms with van der Waals surface area (Å²) >= 11 is 0. The Morgan fingerprint density at radius 3 is 2.14 bits per heavy atom. The summed E-state index contributed by atoms with van der Waals surface area (Å²) in [5.74, 6) is 0. The van der Waals surface area contributed by atoms with Crippen LogP contribution in [0.1, 0.15) is 46.0 Å². The molecule has 1 aliphatic heterocycles. The van der Waals surface area contributed by atoms with Gasteiger partial charge in [0, 0.05) is 38.3 Å². The molecule has 5 nitrogen and oxygen atoms in total. The molecule has 124 valence electrons. The van der Waals surface area contributed by atoms with Crippen molar-refractivity contribution in [1.82, 2.24) is 9.21 Å². The Labute approximate surface area is 129 Å². The zero-order chi connectivity index (χ0) is 15.7. The van der Waals surface area contributed by atoms with Gasteiger partial charge in [-0.1, -0.05) is 20.3 Å². The largest absolute Gasteiger partial charge is 0.329 e. The van der Waals surface area contributed by atoms with Crippen molar-refractivity contribution in [3.63, 3.8) is 0 Å². The lowest BCUT2D eigenvalue weighted by atomic mass is 9.82. The van der Waals surface area contributed by atoms with Gasteiger partial charge in [0.2, 0.25) is 10.0 Å². The first kappa shape index (κ1) is 17.2. The van der Waals surface area contributed by atoms with Gasteiger partial charge in [0.15, 0.2) is 0 Å². The molecule has 1 heterocycles. The summed E-state index contributed by atoms with van der Waals surface area (Å²) in [6.45, 7) is 8.20. The van der Waals surface area contributed by atoms with Crippen molar-refractivity contribution >= 4 is 10.0 Å². The summed E-state index contributed by atoms with van der Waals surface area (Å²) in [6, 6.07) is 0. The molecule has 0 bridgehead atoms.